The highest BCUT2D eigenvalue weighted by atomic mass is 32.1. The average molecular weight is 276 g/mol. The maximum Gasteiger partial charge on any atom is 0.252 e. The molecule has 1 amide bonds. The molecule has 2 aromatic heterocycles. The van der Waals surface area contributed by atoms with Crippen molar-refractivity contribution in [1.82, 2.24) is 10.3 Å². The van der Waals surface area contributed by atoms with Gasteiger partial charge in [-0.1, -0.05) is 6.07 Å². The van der Waals surface area contributed by atoms with E-state index >= 15 is 0 Å². The van der Waals surface area contributed by atoms with E-state index in [1.165, 1.54) is 11.3 Å². The number of pyridine rings is 1. The molecule has 0 aliphatic carbocycles. The number of aromatic nitrogens is 1. The Labute approximate surface area is 116 Å². The van der Waals surface area contributed by atoms with Gasteiger partial charge in [0.05, 0.1) is 6.10 Å². The Kier molecular flexibility index (Phi) is 4.52. The van der Waals surface area contributed by atoms with Crippen LogP contribution < -0.4 is 10.1 Å². The van der Waals surface area contributed by atoms with Gasteiger partial charge >= 0.3 is 0 Å². The molecule has 0 spiro atoms. The van der Waals surface area contributed by atoms with Gasteiger partial charge in [-0.15, -0.1) is 0 Å². The van der Waals surface area contributed by atoms with Gasteiger partial charge in [0.2, 0.25) is 5.88 Å². The Morgan fingerprint density at radius 2 is 2.32 bits per heavy atom. The first-order valence-corrected chi connectivity index (χ1v) is 7.02. The first-order chi connectivity index (χ1) is 9.16. The summed E-state index contributed by atoms with van der Waals surface area (Å²) in [5, 5.41) is 6.57. The summed E-state index contributed by atoms with van der Waals surface area (Å²) in [6.45, 7) is 4.30. The summed E-state index contributed by atoms with van der Waals surface area (Å²) < 4.78 is 5.61. The summed E-state index contributed by atoms with van der Waals surface area (Å²) in [5.41, 5.74) is 1.56. The van der Waals surface area contributed by atoms with Crippen molar-refractivity contribution < 1.29 is 9.53 Å². The molecule has 100 valence electrons. The third-order valence-electron chi connectivity index (χ3n) is 2.42. The van der Waals surface area contributed by atoms with Gasteiger partial charge < -0.3 is 10.1 Å². The molecule has 2 rings (SSSR count). The van der Waals surface area contributed by atoms with Crippen molar-refractivity contribution in [2.75, 3.05) is 0 Å². The molecule has 0 fully saturated rings. The second-order valence-corrected chi connectivity index (χ2v) is 5.11. The highest BCUT2D eigenvalue weighted by Gasteiger charge is 2.09. The molecule has 0 saturated carbocycles. The van der Waals surface area contributed by atoms with Gasteiger partial charge in [0.15, 0.2) is 0 Å². The minimum Gasteiger partial charge on any atom is -0.475 e. The minimum absolute atomic E-state index is 0.0567. The lowest BCUT2D eigenvalue weighted by Gasteiger charge is -2.13. The second kappa shape index (κ2) is 6.33. The van der Waals surface area contributed by atoms with Crippen molar-refractivity contribution in [2.24, 2.45) is 0 Å². The van der Waals surface area contributed by atoms with Gasteiger partial charge in [0.1, 0.15) is 0 Å². The molecule has 2 aromatic rings. The van der Waals surface area contributed by atoms with Gasteiger partial charge in [0.25, 0.3) is 5.91 Å². The van der Waals surface area contributed by atoms with E-state index in [1.54, 1.807) is 12.3 Å². The highest BCUT2D eigenvalue weighted by molar-refractivity contribution is 7.08. The van der Waals surface area contributed by atoms with Crippen LogP contribution >= 0.6 is 11.3 Å². The lowest BCUT2D eigenvalue weighted by atomic mass is 10.2. The molecule has 0 aliphatic heterocycles. The molecule has 0 saturated heterocycles. The maximum atomic E-state index is 11.8. The molecule has 2 heterocycles. The van der Waals surface area contributed by atoms with E-state index in [9.17, 15) is 4.79 Å². The number of ether oxygens (including phenoxy) is 1. The van der Waals surface area contributed by atoms with Crippen LogP contribution in [0.4, 0.5) is 0 Å². The highest BCUT2D eigenvalue weighted by Crippen LogP contribution is 2.16. The van der Waals surface area contributed by atoms with E-state index < -0.39 is 0 Å². The predicted molar refractivity (Wildman–Crippen MR) is 75.5 cm³/mol. The topological polar surface area (TPSA) is 51.2 Å². The van der Waals surface area contributed by atoms with Gasteiger partial charge in [-0.3, -0.25) is 4.79 Å². The summed E-state index contributed by atoms with van der Waals surface area (Å²) in [4.78, 5) is 16.0. The number of hydrogen-bond acceptors (Lipinski definition) is 4. The smallest absolute Gasteiger partial charge is 0.252 e. The van der Waals surface area contributed by atoms with E-state index in [0.717, 1.165) is 5.56 Å². The van der Waals surface area contributed by atoms with Crippen LogP contribution in [0.5, 0.6) is 5.88 Å². The monoisotopic (exact) mass is 276 g/mol. The number of carbonyl (C=O) groups excluding carboxylic acids is 1. The largest absolute Gasteiger partial charge is 0.475 e. The zero-order chi connectivity index (χ0) is 13.7. The first-order valence-electron chi connectivity index (χ1n) is 6.07. The van der Waals surface area contributed by atoms with Crippen LogP contribution in [0.1, 0.15) is 29.8 Å². The molecule has 0 atom stereocenters. The number of rotatable bonds is 5. The van der Waals surface area contributed by atoms with Crippen LogP contribution in [0.15, 0.2) is 35.2 Å². The molecule has 4 nitrogen and oxygen atoms in total. The Hall–Kier alpha value is -1.88. The molecule has 1 N–H and O–H groups in total. The van der Waals surface area contributed by atoms with Gasteiger partial charge in [-0.05, 0) is 31.4 Å². The van der Waals surface area contributed by atoms with Crippen LogP contribution in [0.2, 0.25) is 0 Å². The van der Waals surface area contributed by atoms with Crippen molar-refractivity contribution in [3.63, 3.8) is 0 Å². The summed E-state index contributed by atoms with van der Waals surface area (Å²) >= 11 is 1.50. The van der Waals surface area contributed by atoms with Gasteiger partial charge in [-0.2, -0.15) is 11.3 Å². The SMILES string of the molecule is CC(C)Oc1ncccc1CNC(=O)c1ccsc1. The summed E-state index contributed by atoms with van der Waals surface area (Å²) in [6, 6.07) is 5.53. The van der Waals surface area contributed by atoms with Crippen LogP contribution in [-0.2, 0) is 6.54 Å². The lowest BCUT2D eigenvalue weighted by Crippen LogP contribution is -2.23. The number of amides is 1. The Balaban J connectivity index is 2.01. The second-order valence-electron chi connectivity index (χ2n) is 4.33. The number of carbonyl (C=O) groups is 1. The maximum absolute atomic E-state index is 11.8. The standard InChI is InChI=1S/C14H16N2O2S/c1-10(2)18-14-11(4-3-6-15-14)8-16-13(17)12-5-7-19-9-12/h3-7,9-10H,8H2,1-2H3,(H,16,17). The average Bonchev–Trinajstić information content (AvgIpc) is 2.90. The van der Waals surface area contributed by atoms with Crippen molar-refractivity contribution >= 4 is 17.2 Å². The predicted octanol–water partition coefficient (Wildman–Crippen LogP) is 2.86. The molecular formula is C14H16N2O2S. The fourth-order valence-electron chi connectivity index (χ4n) is 1.56. The number of nitrogens with one attached hydrogen (secondary N) is 1. The molecule has 5 heteroatoms. The number of thiophene rings is 1. The molecule has 0 bridgehead atoms. The van der Waals surface area contributed by atoms with Crippen molar-refractivity contribution in [3.05, 3.63) is 46.3 Å². The quantitative estimate of drug-likeness (QED) is 0.913. The van der Waals surface area contributed by atoms with E-state index in [2.05, 4.69) is 10.3 Å². The summed E-state index contributed by atoms with van der Waals surface area (Å²) in [5.74, 6) is 0.490. The fourth-order valence-corrected chi connectivity index (χ4v) is 2.20. The lowest BCUT2D eigenvalue weighted by molar-refractivity contribution is 0.0951. The molecule has 0 unspecified atom stereocenters. The van der Waals surface area contributed by atoms with E-state index in [4.69, 9.17) is 4.74 Å². The minimum atomic E-state index is -0.0828. The zero-order valence-corrected chi connectivity index (χ0v) is 11.7. The Morgan fingerprint density at radius 1 is 1.47 bits per heavy atom. The molecule has 0 aliphatic rings. The van der Waals surface area contributed by atoms with Crippen LogP contribution in [0, 0.1) is 0 Å². The molecule has 0 radical (unpaired) electrons. The van der Waals surface area contributed by atoms with Gasteiger partial charge in [-0.25, -0.2) is 4.98 Å². The Bertz CT molecular complexity index is 538. The normalized spacial score (nSPS) is 10.5. The van der Waals surface area contributed by atoms with E-state index in [-0.39, 0.29) is 12.0 Å². The summed E-state index contributed by atoms with van der Waals surface area (Å²) in [7, 11) is 0. The van der Waals surface area contributed by atoms with Crippen LogP contribution in [0.3, 0.4) is 0 Å². The fraction of sp³-hybridized carbons (Fsp3) is 0.286. The number of hydrogen-bond donors (Lipinski definition) is 1. The number of nitrogens with zero attached hydrogens (tertiary/aromatic N) is 1. The molecular weight excluding hydrogens is 260 g/mol. The molecule has 0 aromatic carbocycles. The van der Waals surface area contributed by atoms with E-state index in [1.807, 2.05) is 36.7 Å². The van der Waals surface area contributed by atoms with Crippen LogP contribution in [-0.4, -0.2) is 17.0 Å². The third kappa shape index (κ3) is 3.79. The summed E-state index contributed by atoms with van der Waals surface area (Å²) in [6.07, 6.45) is 1.74. The van der Waals surface area contributed by atoms with Crippen molar-refractivity contribution in [1.29, 1.82) is 0 Å². The van der Waals surface area contributed by atoms with Gasteiger partial charge in [0, 0.05) is 29.2 Å². The Morgan fingerprint density at radius 3 is 3.00 bits per heavy atom. The van der Waals surface area contributed by atoms with Crippen LogP contribution in [0.25, 0.3) is 0 Å². The van der Waals surface area contributed by atoms with Crippen molar-refractivity contribution in [2.45, 2.75) is 26.5 Å². The van der Waals surface area contributed by atoms with Crippen molar-refractivity contribution in [3.8, 4) is 5.88 Å². The van der Waals surface area contributed by atoms with E-state index in [0.29, 0.717) is 18.0 Å². The zero-order valence-electron chi connectivity index (χ0n) is 10.9. The third-order valence-corrected chi connectivity index (χ3v) is 3.10. The molecule has 19 heavy (non-hydrogen) atoms. The first kappa shape index (κ1) is 13.5.